The highest BCUT2D eigenvalue weighted by molar-refractivity contribution is 7.92. The van der Waals surface area contributed by atoms with E-state index in [0.717, 1.165) is 32.1 Å². The van der Waals surface area contributed by atoms with E-state index >= 15 is 0 Å². The number of benzene rings is 3. The largest absolute Gasteiger partial charge is 0.352 e. The summed E-state index contributed by atoms with van der Waals surface area (Å²) >= 11 is 0. The summed E-state index contributed by atoms with van der Waals surface area (Å²) in [7, 11) is -4.10. The van der Waals surface area contributed by atoms with Gasteiger partial charge in [-0.25, -0.2) is 8.42 Å². The van der Waals surface area contributed by atoms with Gasteiger partial charge in [-0.3, -0.25) is 13.9 Å². The van der Waals surface area contributed by atoms with Crippen molar-refractivity contribution in [3.63, 3.8) is 0 Å². The van der Waals surface area contributed by atoms with Crippen LogP contribution >= 0.6 is 0 Å². The van der Waals surface area contributed by atoms with Crippen molar-refractivity contribution >= 4 is 27.5 Å². The third-order valence-electron chi connectivity index (χ3n) is 6.80. The third kappa shape index (κ3) is 7.26. The quantitative estimate of drug-likeness (QED) is 0.383. The molecule has 0 aromatic heterocycles. The maximum absolute atomic E-state index is 14.0. The van der Waals surface area contributed by atoms with Gasteiger partial charge in [0.15, 0.2) is 0 Å². The molecule has 3 rings (SSSR count). The van der Waals surface area contributed by atoms with Gasteiger partial charge in [0.25, 0.3) is 10.0 Å². The van der Waals surface area contributed by atoms with Gasteiger partial charge in [-0.05, 0) is 83.4 Å². The zero-order chi connectivity index (χ0) is 28.9. The molecule has 7 nitrogen and oxygen atoms in total. The molecule has 0 fully saturated rings. The second-order valence-electron chi connectivity index (χ2n) is 10.4. The van der Waals surface area contributed by atoms with E-state index in [1.54, 1.807) is 43.3 Å². The minimum Gasteiger partial charge on any atom is -0.352 e. The predicted octanol–water partition coefficient (Wildman–Crippen LogP) is 5.06. The first-order valence-corrected chi connectivity index (χ1v) is 14.6. The Balaban J connectivity index is 2.07. The fourth-order valence-electron chi connectivity index (χ4n) is 4.23. The molecule has 2 amide bonds. The number of hydrogen-bond acceptors (Lipinski definition) is 4. The normalized spacial score (nSPS) is 12.2. The highest BCUT2D eigenvalue weighted by Gasteiger charge is 2.33. The number of hydrogen-bond donors (Lipinski definition) is 1. The lowest BCUT2D eigenvalue weighted by Gasteiger charge is -2.33. The second-order valence-corrected chi connectivity index (χ2v) is 12.3. The lowest BCUT2D eigenvalue weighted by Crippen LogP contribution is -2.52. The van der Waals surface area contributed by atoms with Gasteiger partial charge in [-0.15, -0.1) is 0 Å². The van der Waals surface area contributed by atoms with Gasteiger partial charge in [0.1, 0.15) is 12.6 Å². The van der Waals surface area contributed by atoms with Gasteiger partial charge in [0.2, 0.25) is 11.8 Å². The van der Waals surface area contributed by atoms with Crippen molar-refractivity contribution in [2.75, 3.05) is 10.8 Å². The molecular weight excluding hydrogens is 510 g/mol. The molecule has 0 aliphatic heterocycles. The topological polar surface area (TPSA) is 86.8 Å². The molecule has 1 N–H and O–H groups in total. The second kappa shape index (κ2) is 12.5. The van der Waals surface area contributed by atoms with Gasteiger partial charge < -0.3 is 10.2 Å². The first kappa shape index (κ1) is 29.9. The van der Waals surface area contributed by atoms with Gasteiger partial charge in [0, 0.05) is 12.6 Å². The van der Waals surface area contributed by atoms with E-state index in [9.17, 15) is 18.0 Å². The summed E-state index contributed by atoms with van der Waals surface area (Å²) in [6, 6.07) is 18.8. The van der Waals surface area contributed by atoms with Crippen molar-refractivity contribution < 1.29 is 18.0 Å². The number of carbonyl (C=O) groups is 2. The first-order valence-electron chi connectivity index (χ1n) is 13.1. The van der Waals surface area contributed by atoms with Crippen molar-refractivity contribution in [2.24, 2.45) is 0 Å². The third-order valence-corrected chi connectivity index (χ3v) is 8.58. The van der Waals surface area contributed by atoms with Crippen LogP contribution < -0.4 is 9.62 Å². The van der Waals surface area contributed by atoms with E-state index in [1.165, 1.54) is 4.90 Å². The van der Waals surface area contributed by atoms with Crippen LogP contribution in [-0.4, -0.2) is 43.8 Å². The molecule has 0 aliphatic carbocycles. The smallest absolute Gasteiger partial charge is 0.264 e. The average Bonchev–Trinajstić information content (AvgIpc) is 2.88. The maximum Gasteiger partial charge on any atom is 0.264 e. The summed E-state index contributed by atoms with van der Waals surface area (Å²) in [6.45, 7) is 12.7. The fraction of sp³-hybridized carbons (Fsp3) is 0.355. The van der Waals surface area contributed by atoms with Crippen LogP contribution in [0.4, 0.5) is 5.69 Å². The summed E-state index contributed by atoms with van der Waals surface area (Å²) in [4.78, 5) is 28.6. The van der Waals surface area contributed by atoms with Crippen LogP contribution in [0.2, 0.25) is 0 Å². The van der Waals surface area contributed by atoms with Crippen LogP contribution in [0.3, 0.4) is 0 Å². The Morgan fingerprint density at radius 3 is 1.95 bits per heavy atom. The molecule has 0 aliphatic rings. The van der Waals surface area contributed by atoms with Gasteiger partial charge >= 0.3 is 0 Å². The van der Waals surface area contributed by atoms with Gasteiger partial charge in [-0.2, -0.15) is 0 Å². The summed E-state index contributed by atoms with van der Waals surface area (Å²) < 4.78 is 29.1. The van der Waals surface area contributed by atoms with E-state index < -0.39 is 28.5 Å². The Morgan fingerprint density at radius 1 is 0.821 bits per heavy atom. The van der Waals surface area contributed by atoms with Gasteiger partial charge in [-0.1, -0.05) is 59.7 Å². The standard InChI is InChI=1S/C31H39N3O4S/c1-21(2)32-31(36)26(7)33(19-27-15-11-22(3)12-16-27)30(35)20-34(29-10-8-9-24(5)25(29)6)39(37,38)28-17-13-23(4)14-18-28/h8-18,21,26H,19-20H2,1-7H3,(H,32,36)/t26-/m0/s1. The molecule has 0 bridgehead atoms. The Hall–Kier alpha value is -3.65. The molecule has 0 unspecified atom stereocenters. The van der Waals surface area contributed by atoms with Crippen molar-refractivity contribution in [1.82, 2.24) is 10.2 Å². The Labute approximate surface area is 232 Å². The summed E-state index contributed by atoms with van der Waals surface area (Å²) in [6.07, 6.45) is 0. The monoisotopic (exact) mass is 549 g/mol. The molecule has 8 heteroatoms. The predicted molar refractivity (Wildman–Crippen MR) is 156 cm³/mol. The van der Waals surface area contributed by atoms with E-state index in [4.69, 9.17) is 0 Å². The minimum atomic E-state index is -4.10. The zero-order valence-corrected chi connectivity index (χ0v) is 24.7. The molecule has 0 heterocycles. The first-order chi connectivity index (χ1) is 18.3. The van der Waals surface area contributed by atoms with Crippen LogP contribution in [0.25, 0.3) is 0 Å². The SMILES string of the molecule is Cc1ccc(CN(C(=O)CN(c2cccc(C)c2C)S(=O)(=O)c2ccc(C)cc2)[C@@H](C)C(=O)NC(C)C)cc1. The molecule has 0 saturated carbocycles. The number of rotatable bonds is 10. The number of aryl methyl sites for hydroxylation is 3. The zero-order valence-electron chi connectivity index (χ0n) is 23.9. The highest BCUT2D eigenvalue weighted by Crippen LogP contribution is 2.29. The molecule has 3 aromatic rings. The molecule has 1 atom stereocenters. The van der Waals surface area contributed by atoms with Crippen molar-refractivity contribution in [3.8, 4) is 0 Å². The number of carbonyl (C=O) groups excluding carboxylic acids is 2. The Kier molecular flexibility index (Phi) is 9.56. The molecule has 39 heavy (non-hydrogen) atoms. The minimum absolute atomic E-state index is 0.0949. The number of nitrogens with zero attached hydrogens (tertiary/aromatic N) is 2. The average molecular weight is 550 g/mol. The lowest BCUT2D eigenvalue weighted by molar-refractivity contribution is -0.139. The van der Waals surface area contributed by atoms with Crippen molar-refractivity contribution in [1.29, 1.82) is 0 Å². The molecule has 0 saturated heterocycles. The van der Waals surface area contributed by atoms with E-state index in [0.29, 0.717) is 5.69 Å². The molecule has 208 valence electrons. The van der Waals surface area contributed by atoms with Crippen LogP contribution in [0.5, 0.6) is 0 Å². The van der Waals surface area contributed by atoms with Crippen LogP contribution in [0.15, 0.2) is 71.6 Å². The van der Waals surface area contributed by atoms with Crippen LogP contribution in [0.1, 0.15) is 48.6 Å². The van der Waals surface area contributed by atoms with E-state index in [1.807, 2.05) is 71.9 Å². The lowest BCUT2D eigenvalue weighted by atomic mass is 10.1. The van der Waals surface area contributed by atoms with Crippen molar-refractivity contribution in [2.45, 2.75) is 72.0 Å². The molecule has 0 radical (unpaired) electrons. The summed E-state index contributed by atoms with van der Waals surface area (Å²) in [5.41, 5.74) is 4.95. The highest BCUT2D eigenvalue weighted by atomic mass is 32.2. The van der Waals surface area contributed by atoms with Crippen LogP contribution in [-0.2, 0) is 26.2 Å². The molecule has 3 aromatic carbocycles. The molecular formula is C31H39N3O4S. The Morgan fingerprint density at radius 2 is 1.38 bits per heavy atom. The summed E-state index contributed by atoms with van der Waals surface area (Å²) in [5.74, 6) is -0.774. The Bertz CT molecular complexity index is 1420. The van der Waals surface area contributed by atoms with E-state index in [2.05, 4.69) is 5.32 Å². The van der Waals surface area contributed by atoms with Gasteiger partial charge in [0.05, 0.1) is 10.6 Å². The summed E-state index contributed by atoms with van der Waals surface area (Å²) in [5, 5.41) is 2.87. The molecule has 0 spiro atoms. The fourth-order valence-corrected chi connectivity index (χ4v) is 5.71. The number of sulfonamides is 1. The number of nitrogens with one attached hydrogen (secondary N) is 1. The maximum atomic E-state index is 14.0. The van der Waals surface area contributed by atoms with Crippen LogP contribution in [0, 0.1) is 27.7 Å². The van der Waals surface area contributed by atoms with E-state index in [-0.39, 0.29) is 23.4 Å². The number of amides is 2. The number of anilines is 1. The van der Waals surface area contributed by atoms with Crippen molar-refractivity contribution in [3.05, 3.63) is 94.5 Å².